The van der Waals surface area contributed by atoms with Crippen molar-refractivity contribution in [1.82, 2.24) is 5.43 Å². The quantitative estimate of drug-likeness (QED) is 0.554. The van der Waals surface area contributed by atoms with Crippen molar-refractivity contribution >= 4 is 23.0 Å². The average molecular weight is 437 g/mol. The van der Waals surface area contributed by atoms with Crippen molar-refractivity contribution in [3.05, 3.63) is 89.7 Å². The number of amides is 1. The van der Waals surface area contributed by atoms with Gasteiger partial charge in [-0.15, -0.1) is 0 Å². The van der Waals surface area contributed by atoms with Crippen molar-refractivity contribution in [2.24, 2.45) is 5.92 Å². The number of nitrogens with one attached hydrogen (secondary N) is 1. The van der Waals surface area contributed by atoms with Gasteiger partial charge in [-0.1, -0.05) is 30.3 Å². The standard InChI is InChI=1S/C25H22F3N3O/c26-19-6-8-20(9-7-19)31-22-11-10-21(12-18(22)15-29-31)30-23(16-4-2-1-3-5-16)13-17(25(30)32)14-24(27)28/h1-12,17,23-24,29H,13-15H2. The van der Waals surface area contributed by atoms with E-state index in [1.165, 1.54) is 12.1 Å². The van der Waals surface area contributed by atoms with Crippen LogP contribution in [0.5, 0.6) is 0 Å². The molecule has 0 aromatic heterocycles. The molecule has 2 aliphatic heterocycles. The van der Waals surface area contributed by atoms with E-state index in [0.29, 0.717) is 18.7 Å². The lowest BCUT2D eigenvalue weighted by Crippen LogP contribution is -2.30. The van der Waals surface area contributed by atoms with E-state index in [1.807, 2.05) is 53.5 Å². The molecule has 1 saturated heterocycles. The Bertz CT molecular complexity index is 1120. The van der Waals surface area contributed by atoms with E-state index >= 15 is 0 Å². The van der Waals surface area contributed by atoms with Gasteiger partial charge in [-0.3, -0.25) is 9.80 Å². The summed E-state index contributed by atoms with van der Waals surface area (Å²) in [7, 11) is 0. The predicted molar refractivity (Wildman–Crippen MR) is 117 cm³/mol. The number of hydrogen-bond acceptors (Lipinski definition) is 3. The van der Waals surface area contributed by atoms with Crippen LogP contribution in [0.1, 0.15) is 30.0 Å². The smallest absolute Gasteiger partial charge is 0.239 e. The Morgan fingerprint density at radius 1 is 0.969 bits per heavy atom. The van der Waals surface area contributed by atoms with Crippen LogP contribution in [0.2, 0.25) is 0 Å². The molecule has 2 atom stereocenters. The van der Waals surface area contributed by atoms with Crippen molar-refractivity contribution in [3.8, 4) is 0 Å². The zero-order chi connectivity index (χ0) is 22.2. The van der Waals surface area contributed by atoms with E-state index < -0.39 is 18.8 Å². The second-order valence-electron chi connectivity index (χ2n) is 8.15. The van der Waals surface area contributed by atoms with Gasteiger partial charge in [-0.25, -0.2) is 18.6 Å². The molecular formula is C25H22F3N3O. The molecule has 1 fully saturated rings. The number of benzene rings is 3. The summed E-state index contributed by atoms with van der Waals surface area (Å²) in [6, 6.07) is 21.1. The molecule has 4 nitrogen and oxygen atoms in total. The van der Waals surface area contributed by atoms with Gasteiger partial charge >= 0.3 is 0 Å². The summed E-state index contributed by atoms with van der Waals surface area (Å²) in [6.45, 7) is 0.541. The Balaban J connectivity index is 1.48. The lowest BCUT2D eigenvalue weighted by molar-refractivity contribution is -0.121. The first-order chi connectivity index (χ1) is 15.5. The van der Waals surface area contributed by atoms with Crippen molar-refractivity contribution < 1.29 is 18.0 Å². The summed E-state index contributed by atoms with van der Waals surface area (Å²) in [5, 5.41) is 1.87. The maximum Gasteiger partial charge on any atom is 0.239 e. The molecule has 0 saturated carbocycles. The van der Waals surface area contributed by atoms with Crippen LogP contribution in [-0.2, 0) is 11.3 Å². The summed E-state index contributed by atoms with van der Waals surface area (Å²) in [5.74, 6) is -1.27. The number of alkyl halides is 2. The highest BCUT2D eigenvalue weighted by Crippen LogP contribution is 2.43. The van der Waals surface area contributed by atoms with Crippen molar-refractivity contribution in [3.63, 3.8) is 0 Å². The molecule has 32 heavy (non-hydrogen) atoms. The van der Waals surface area contributed by atoms with Gasteiger partial charge in [0, 0.05) is 24.6 Å². The molecule has 2 aliphatic rings. The van der Waals surface area contributed by atoms with Crippen LogP contribution in [0.25, 0.3) is 0 Å². The number of rotatable bonds is 5. The Labute approximate surface area is 184 Å². The third-order valence-corrected chi connectivity index (χ3v) is 6.15. The maximum absolute atomic E-state index is 13.3. The lowest BCUT2D eigenvalue weighted by Gasteiger charge is -2.26. The third-order valence-electron chi connectivity index (χ3n) is 6.15. The van der Waals surface area contributed by atoms with Crippen LogP contribution in [0.4, 0.5) is 30.2 Å². The summed E-state index contributed by atoms with van der Waals surface area (Å²) in [4.78, 5) is 14.8. The molecule has 3 aromatic carbocycles. The van der Waals surface area contributed by atoms with E-state index in [0.717, 1.165) is 22.5 Å². The van der Waals surface area contributed by atoms with E-state index in [4.69, 9.17) is 0 Å². The van der Waals surface area contributed by atoms with Crippen molar-refractivity contribution in [2.45, 2.75) is 31.9 Å². The normalized spacial score (nSPS) is 20.3. The van der Waals surface area contributed by atoms with Crippen LogP contribution in [0.15, 0.2) is 72.8 Å². The second-order valence-corrected chi connectivity index (χ2v) is 8.15. The average Bonchev–Trinajstić information content (AvgIpc) is 3.35. The van der Waals surface area contributed by atoms with Gasteiger partial charge in [0.05, 0.1) is 17.4 Å². The largest absolute Gasteiger partial charge is 0.305 e. The minimum Gasteiger partial charge on any atom is -0.305 e. The first-order valence-electron chi connectivity index (χ1n) is 10.6. The predicted octanol–water partition coefficient (Wildman–Crippen LogP) is 5.73. The zero-order valence-corrected chi connectivity index (χ0v) is 17.2. The number of halogens is 3. The van der Waals surface area contributed by atoms with Crippen LogP contribution in [0, 0.1) is 11.7 Å². The van der Waals surface area contributed by atoms with Crippen LogP contribution < -0.4 is 15.3 Å². The van der Waals surface area contributed by atoms with E-state index in [-0.39, 0.29) is 17.8 Å². The van der Waals surface area contributed by atoms with E-state index in [9.17, 15) is 18.0 Å². The maximum atomic E-state index is 13.3. The zero-order valence-electron chi connectivity index (χ0n) is 17.2. The van der Waals surface area contributed by atoms with Gasteiger partial charge in [0.2, 0.25) is 12.3 Å². The topological polar surface area (TPSA) is 35.6 Å². The Morgan fingerprint density at radius 3 is 2.41 bits per heavy atom. The molecular weight excluding hydrogens is 415 g/mol. The van der Waals surface area contributed by atoms with Crippen LogP contribution in [-0.4, -0.2) is 12.3 Å². The Morgan fingerprint density at radius 2 is 1.69 bits per heavy atom. The molecule has 3 aromatic rings. The summed E-state index contributed by atoms with van der Waals surface area (Å²) in [6.07, 6.45) is -2.58. The first-order valence-corrected chi connectivity index (χ1v) is 10.6. The molecule has 7 heteroatoms. The Kier molecular flexibility index (Phi) is 5.35. The fraction of sp³-hybridized carbons (Fsp3) is 0.240. The van der Waals surface area contributed by atoms with E-state index in [1.54, 1.807) is 17.0 Å². The molecule has 0 radical (unpaired) electrons. The van der Waals surface area contributed by atoms with Gasteiger partial charge in [-0.2, -0.15) is 0 Å². The molecule has 0 aliphatic carbocycles. The highest BCUT2D eigenvalue weighted by atomic mass is 19.3. The molecule has 2 heterocycles. The van der Waals surface area contributed by atoms with Gasteiger partial charge in [0.1, 0.15) is 5.82 Å². The van der Waals surface area contributed by atoms with Crippen LogP contribution in [0.3, 0.4) is 0 Å². The number of carbonyl (C=O) groups is 1. The van der Waals surface area contributed by atoms with Gasteiger partial charge < -0.3 is 4.90 Å². The molecule has 2 unspecified atom stereocenters. The fourth-order valence-corrected chi connectivity index (χ4v) is 4.66. The van der Waals surface area contributed by atoms with Gasteiger partial charge in [0.25, 0.3) is 0 Å². The molecule has 1 N–H and O–H groups in total. The lowest BCUT2D eigenvalue weighted by atomic mass is 9.97. The van der Waals surface area contributed by atoms with Gasteiger partial charge in [0.15, 0.2) is 0 Å². The second kappa shape index (κ2) is 8.31. The molecule has 0 spiro atoms. The minimum absolute atomic E-state index is 0.263. The monoisotopic (exact) mass is 437 g/mol. The Hall–Kier alpha value is -3.32. The molecule has 0 bridgehead atoms. The molecule has 5 rings (SSSR count). The SMILES string of the molecule is O=C1C(CC(F)F)CC(c2ccccc2)N1c1ccc2c(c1)CNN2c1ccc(F)cc1. The number of fused-ring (bicyclic) bond motifs is 1. The molecule has 1 amide bonds. The summed E-state index contributed by atoms with van der Waals surface area (Å²) >= 11 is 0. The van der Waals surface area contributed by atoms with Gasteiger partial charge in [-0.05, 0) is 60.0 Å². The van der Waals surface area contributed by atoms with Crippen molar-refractivity contribution in [2.75, 3.05) is 9.91 Å². The minimum atomic E-state index is -2.52. The number of nitrogens with zero attached hydrogens (tertiary/aromatic N) is 2. The van der Waals surface area contributed by atoms with E-state index in [2.05, 4.69) is 5.43 Å². The third kappa shape index (κ3) is 3.73. The molecule has 164 valence electrons. The first kappa shape index (κ1) is 20.6. The number of carbonyl (C=O) groups excluding carboxylic acids is 1. The summed E-state index contributed by atoms with van der Waals surface area (Å²) < 4.78 is 39.5. The van der Waals surface area contributed by atoms with Crippen molar-refractivity contribution in [1.29, 1.82) is 0 Å². The van der Waals surface area contributed by atoms with Crippen LogP contribution >= 0.6 is 0 Å². The number of hydrogen-bond donors (Lipinski definition) is 1. The summed E-state index contributed by atoms with van der Waals surface area (Å²) in [5.41, 5.74) is 7.59. The highest BCUT2D eigenvalue weighted by Gasteiger charge is 2.42. The number of anilines is 3. The fourth-order valence-electron chi connectivity index (χ4n) is 4.66. The highest BCUT2D eigenvalue weighted by molar-refractivity contribution is 5.98. The number of hydrazine groups is 1.